The first-order chi connectivity index (χ1) is 10.1. The molecule has 0 saturated carbocycles. The number of benzene rings is 1. The predicted octanol–water partition coefficient (Wildman–Crippen LogP) is 2.86. The van der Waals surface area contributed by atoms with Crippen molar-refractivity contribution in [2.24, 2.45) is 0 Å². The molecule has 6 heteroatoms. The lowest BCUT2D eigenvalue weighted by atomic mass is 10.1. The molecule has 1 aromatic carbocycles. The van der Waals surface area contributed by atoms with Gasteiger partial charge in [-0.15, -0.1) is 0 Å². The van der Waals surface area contributed by atoms with Gasteiger partial charge in [0.1, 0.15) is 5.58 Å². The van der Waals surface area contributed by atoms with Gasteiger partial charge in [0.2, 0.25) is 0 Å². The molecule has 0 fully saturated rings. The van der Waals surface area contributed by atoms with Crippen LogP contribution < -0.4 is 5.56 Å². The van der Waals surface area contributed by atoms with E-state index in [0.29, 0.717) is 16.5 Å². The van der Waals surface area contributed by atoms with E-state index in [4.69, 9.17) is 4.42 Å². The molecule has 106 valence electrons. The number of fused-ring (bicyclic) bond motifs is 1. The highest BCUT2D eigenvalue weighted by Crippen LogP contribution is 2.21. The van der Waals surface area contributed by atoms with Gasteiger partial charge in [0, 0.05) is 17.8 Å². The highest BCUT2D eigenvalue weighted by molar-refractivity contribution is 5.75. The van der Waals surface area contributed by atoms with Crippen molar-refractivity contribution in [2.45, 2.75) is 13.5 Å². The number of furan rings is 1. The molecule has 2 aromatic heterocycles. The Labute approximate surface area is 119 Å². The predicted molar refractivity (Wildman–Crippen MR) is 77.4 cm³/mol. The van der Waals surface area contributed by atoms with Gasteiger partial charge in [0.15, 0.2) is 0 Å². The van der Waals surface area contributed by atoms with Gasteiger partial charge in [-0.05, 0) is 24.6 Å². The third-order valence-corrected chi connectivity index (χ3v) is 3.55. The van der Waals surface area contributed by atoms with E-state index in [1.54, 1.807) is 37.4 Å². The normalized spacial score (nSPS) is 10.9. The molecule has 21 heavy (non-hydrogen) atoms. The molecule has 0 N–H and O–H groups in total. The van der Waals surface area contributed by atoms with E-state index in [0.717, 1.165) is 5.56 Å². The molecule has 0 amide bonds. The largest absolute Gasteiger partial charge is 0.464 e. The molecule has 0 spiro atoms. The molecule has 6 nitrogen and oxygen atoms in total. The smallest absolute Gasteiger partial charge is 0.272 e. The zero-order chi connectivity index (χ0) is 15.0. The zero-order valence-corrected chi connectivity index (χ0v) is 11.3. The molecular formula is C15H12N2O4. The van der Waals surface area contributed by atoms with Crippen molar-refractivity contribution >= 4 is 16.7 Å². The molecule has 0 radical (unpaired) electrons. The summed E-state index contributed by atoms with van der Waals surface area (Å²) < 4.78 is 6.69. The monoisotopic (exact) mass is 284 g/mol. The van der Waals surface area contributed by atoms with Gasteiger partial charge in [-0.2, -0.15) is 0 Å². The number of hydrogen-bond donors (Lipinski definition) is 0. The van der Waals surface area contributed by atoms with Crippen molar-refractivity contribution in [3.8, 4) is 0 Å². The second-order valence-electron chi connectivity index (χ2n) is 4.77. The summed E-state index contributed by atoms with van der Waals surface area (Å²) in [5.41, 5.74) is 1.74. The number of nitro groups is 1. The third kappa shape index (κ3) is 2.20. The van der Waals surface area contributed by atoms with Crippen LogP contribution in [0.1, 0.15) is 11.1 Å². The maximum atomic E-state index is 12.3. The fraction of sp³-hybridized carbons (Fsp3) is 0.133. The lowest BCUT2D eigenvalue weighted by Crippen LogP contribution is -2.20. The van der Waals surface area contributed by atoms with E-state index in [1.165, 1.54) is 16.9 Å². The minimum atomic E-state index is -0.416. The molecule has 0 saturated heterocycles. The molecule has 0 bridgehead atoms. The van der Waals surface area contributed by atoms with Crippen LogP contribution in [0.5, 0.6) is 0 Å². The average molecular weight is 284 g/mol. The van der Waals surface area contributed by atoms with Crippen LogP contribution in [0.2, 0.25) is 0 Å². The van der Waals surface area contributed by atoms with Crippen LogP contribution in [-0.2, 0) is 6.54 Å². The SMILES string of the molecule is Cc1c(Cn2ccc3occc3c2=O)cccc1[N+](=O)[O-]. The summed E-state index contributed by atoms with van der Waals surface area (Å²) in [5, 5.41) is 11.5. The number of pyridine rings is 1. The number of nitro benzene ring substituents is 1. The Bertz CT molecular complexity index is 892. The lowest BCUT2D eigenvalue weighted by molar-refractivity contribution is -0.385. The highest BCUT2D eigenvalue weighted by atomic mass is 16.6. The van der Waals surface area contributed by atoms with Gasteiger partial charge < -0.3 is 8.98 Å². The standard InChI is InChI=1S/C15H12N2O4/c1-10-11(3-2-4-13(10)17(19)20)9-16-7-5-14-12(15(16)18)6-8-21-14/h2-8H,9H2,1H3. The molecular weight excluding hydrogens is 272 g/mol. The fourth-order valence-electron chi connectivity index (χ4n) is 2.35. The van der Waals surface area contributed by atoms with Crippen LogP contribution in [-0.4, -0.2) is 9.49 Å². The Morgan fingerprint density at radius 2 is 2.10 bits per heavy atom. The maximum Gasteiger partial charge on any atom is 0.272 e. The second-order valence-corrected chi connectivity index (χ2v) is 4.77. The lowest BCUT2D eigenvalue weighted by Gasteiger charge is -2.08. The molecule has 0 aliphatic heterocycles. The molecule has 0 aliphatic carbocycles. The van der Waals surface area contributed by atoms with Crippen molar-refractivity contribution in [1.82, 2.24) is 4.57 Å². The van der Waals surface area contributed by atoms with Crippen LogP contribution >= 0.6 is 0 Å². The Morgan fingerprint density at radius 1 is 1.29 bits per heavy atom. The van der Waals surface area contributed by atoms with Crippen molar-refractivity contribution < 1.29 is 9.34 Å². The van der Waals surface area contributed by atoms with Crippen LogP contribution in [0, 0.1) is 17.0 Å². The first-order valence-corrected chi connectivity index (χ1v) is 6.37. The number of nitrogens with zero attached hydrogens (tertiary/aromatic N) is 2. The van der Waals surface area contributed by atoms with E-state index in [9.17, 15) is 14.9 Å². The first kappa shape index (κ1) is 13.1. The summed E-state index contributed by atoms with van der Waals surface area (Å²) in [5.74, 6) is 0. The summed E-state index contributed by atoms with van der Waals surface area (Å²) in [4.78, 5) is 22.8. The zero-order valence-electron chi connectivity index (χ0n) is 11.3. The van der Waals surface area contributed by atoms with Gasteiger partial charge in [0.25, 0.3) is 11.2 Å². The second kappa shape index (κ2) is 4.90. The Balaban J connectivity index is 2.07. The van der Waals surface area contributed by atoms with Crippen molar-refractivity contribution in [3.63, 3.8) is 0 Å². The Morgan fingerprint density at radius 3 is 2.86 bits per heavy atom. The van der Waals surface area contributed by atoms with Gasteiger partial charge >= 0.3 is 0 Å². The molecule has 0 aliphatic rings. The topological polar surface area (TPSA) is 78.3 Å². The molecule has 3 aromatic rings. The van der Waals surface area contributed by atoms with Crippen LogP contribution in [0.25, 0.3) is 11.0 Å². The fourth-order valence-corrected chi connectivity index (χ4v) is 2.35. The average Bonchev–Trinajstić information content (AvgIpc) is 2.93. The summed E-state index contributed by atoms with van der Waals surface area (Å²) in [6.45, 7) is 1.97. The van der Waals surface area contributed by atoms with E-state index < -0.39 is 4.92 Å². The maximum absolute atomic E-state index is 12.3. The molecule has 3 rings (SSSR count). The molecule has 2 heterocycles. The van der Waals surface area contributed by atoms with Crippen LogP contribution in [0.3, 0.4) is 0 Å². The molecule has 0 atom stereocenters. The Hall–Kier alpha value is -2.89. The van der Waals surface area contributed by atoms with Crippen molar-refractivity contribution in [3.05, 3.63) is 74.4 Å². The number of rotatable bonds is 3. The van der Waals surface area contributed by atoms with Gasteiger partial charge in [0.05, 0.1) is 23.1 Å². The van der Waals surface area contributed by atoms with E-state index in [-0.39, 0.29) is 17.8 Å². The third-order valence-electron chi connectivity index (χ3n) is 3.55. The summed E-state index contributed by atoms with van der Waals surface area (Å²) >= 11 is 0. The van der Waals surface area contributed by atoms with Gasteiger partial charge in [-0.1, -0.05) is 12.1 Å². The number of aromatic nitrogens is 1. The van der Waals surface area contributed by atoms with E-state index >= 15 is 0 Å². The highest BCUT2D eigenvalue weighted by Gasteiger charge is 2.14. The minimum absolute atomic E-state index is 0.0601. The van der Waals surface area contributed by atoms with E-state index in [1.807, 2.05) is 0 Å². The van der Waals surface area contributed by atoms with Crippen LogP contribution in [0.15, 0.2) is 52.0 Å². The summed E-state index contributed by atoms with van der Waals surface area (Å²) in [6.07, 6.45) is 3.10. The van der Waals surface area contributed by atoms with Gasteiger partial charge in [-0.25, -0.2) is 0 Å². The quantitative estimate of drug-likeness (QED) is 0.547. The van der Waals surface area contributed by atoms with Crippen LogP contribution in [0.4, 0.5) is 5.69 Å². The van der Waals surface area contributed by atoms with Crippen molar-refractivity contribution in [1.29, 1.82) is 0 Å². The summed E-state index contributed by atoms with van der Waals surface area (Å²) in [7, 11) is 0. The van der Waals surface area contributed by atoms with Gasteiger partial charge in [-0.3, -0.25) is 14.9 Å². The summed E-state index contributed by atoms with van der Waals surface area (Å²) in [6, 6.07) is 8.20. The van der Waals surface area contributed by atoms with Crippen molar-refractivity contribution in [2.75, 3.05) is 0 Å². The first-order valence-electron chi connectivity index (χ1n) is 6.37. The Kier molecular flexibility index (Phi) is 3.06. The van der Waals surface area contributed by atoms with E-state index in [2.05, 4.69) is 0 Å². The minimum Gasteiger partial charge on any atom is -0.464 e. The number of hydrogen-bond acceptors (Lipinski definition) is 4. The molecule has 0 unspecified atom stereocenters.